The Balaban J connectivity index is 2.03. The highest BCUT2D eigenvalue weighted by molar-refractivity contribution is 6.10. The second-order valence-electron chi connectivity index (χ2n) is 4.50. The van der Waals surface area contributed by atoms with E-state index in [9.17, 15) is 9.59 Å². The molecule has 2 aromatic carbocycles. The van der Waals surface area contributed by atoms with Gasteiger partial charge in [-0.25, -0.2) is 9.78 Å². The molecule has 110 valence electrons. The fraction of sp³-hybridized carbons (Fsp3) is 0.0625. The summed E-state index contributed by atoms with van der Waals surface area (Å²) in [5.41, 5.74) is 1.66. The van der Waals surface area contributed by atoms with E-state index < -0.39 is 6.09 Å². The lowest BCUT2D eigenvalue weighted by molar-refractivity contribution is 0.103. The molecular weight excluding hydrogens is 282 g/mol. The Morgan fingerprint density at radius 2 is 2.00 bits per heavy atom. The molecule has 1 heterocycles. The molecule has 0 fully saturated rings. The fourth-order valence-electron chi connectivity index (χ4n) is 2.02. The standard InChI is InChI=1S/C16H13N3O3/c1-22-16(21)19-15-17-12-8-7-11(9-13(12)18-15)14(20)10-5-3-2-4-6-10/h2-9H,1H3,(H2,17,18,19,21)/i/hD2. The minimum absolute atomic E-state index is 0.172. The zero-order valence-electron chi connectivity index (χ0n) is 13.7. The van der Waals surface area contributed by atoms with Gasteiger partial charge in [-0.15, -0.1) is 0 Å². The molecule has 0 saturated heterocycles. The average molecular weight is 297 g/mol. The Hall–Kier alpha value is -3.15. The van der Waals surface area contributed by atoms with E-state index in [4.69, 9.17) is 2.82 Å². The van der Waals surface area contributed by atoms with Gasteiger partial charge in [0.2, 0.25) is 5.95 Å². The zero-order valence-corrected chi connectivity index (χ0v) is 11.7. The van der Waals surface area contributed by atoms with Gasteiger partial charge in [0.25, 0.3) is 0 Å². The number of carbonyl (C=O) groups is 2. The normalized spacial score (nSPS) is 11.7. The second-order valence-corrected chi connectivity index (χ2v) is 4.50. The molecule has 0 spiro atoms. The summed E-state index contributed by atoms with van der Waals surface area (Å²) in [5, 5.41) is 0.381. The van der Waals surface area contributed by atoms with Crippen molar-refractivity contribution >= 4 is 28.9 Å². The van der Waals surface area contributed by atoms with E-state index in [-0.39, 0.29) is 11.7 Å². The summed E-state index contributed by atoms with van der Waals surface area (Å²) >= 11 is 0. The Bertz CT molecular complexity index is 925. The minimum Gasteiger partial charge on any atom is -0.453 e. The van der Waals surface area contributed by atoms with Crippen LogP contribution >= 0.6 is 0 Å². The predicted octanol–water partition coefficient (Wildman–Crippen LogP) is 2.97. The molecule has 22 heavy (non-hydrogen) atoms. The molecule has 1 amide bonds. The Labute approximate surface area is 129 Å². The van der Waals surface area contributed by atoms with Crippen LogP contribution in [0.25, 0.3) is 11.0 Å². The van der Waals surface area contributed by atoms with E-state index in [1.54, 1.807) is 36.4 Å². The first kappa shape index (κ1) is 11.5. The van der Waals surface area contributed by atoms with Crippen LogP contribution in [0.3, 0.4) is 0 Å². The first-order valence-electron chi connectivity index (χ1n) is 7.41. The van der Waals surface area contributed by atoms with E-state index in [1.807, 2.05) is 6.07 Å². The van der Waals surface area contributed by atoms with Gasteiger partial charge in [0.1, 0.15) is 0 Å². The van der Waals surface area contributed by atoms with Gasteiger partial charge in [-0.2, -0.15) is 0 Å². The first-order chi connectivity index (χ1) is 11.5. The number of aromatic amines is 1. The van der Waals surface area contributed by atoms with E-state index in [0.717, 1.165) is 12.1 Å². The van der Waals surface area contributed by atoms with Gasteiger partial charge in [-0.05, 0) is 18.2 Å². The van der Waals surface area contributed by atoms with E-state index in [2.05, 4.69) is 9.72 Å². The van der Waals surface area contributed by atoms with Crippen molar-refractivity contribution < 1.29 is 17.1 Å². The van der Waals surface area contributed by atoms with Crippen LogP contribution in [-0.4, -0.2) is 28.9 Å². The van der Waals surface area contributed by atoms with E-state index in [0.29, 0.717) is 27.5 Å². The molecule has 6 heteroatoms. The number of amides is 1. The smallest absolute Gasteiger partial charge is 0.413 e. The number of hydrogen-bond acceptors (Lipinski definition) is 4. The third-order valence-corrected chi connectivity index (χ3v) is 3.08. The van der Waals surface area contributed by atoms with Crippen molar-refractivity contribution in [2.75, 3.05) is 12.4 Å². The van der Waals surface area contributed by atoms with Gasteiger partial charge in [0.15, 0.2) is 8.61 Å². The van der Waals surface area contributed by atoms with Gasteiger partial charge in [-0.1, -0.05) is 30.3 Å². The summed E-state index contributed by atoms with van der Waals surface area (Å²) < 4.78 is 20.1. The number of ether oxygens (including phenoxy) is 1. The third kappa shape index (κ3) is 2.67. The van der Waals surface area contributed by atoms with Crippen molar-refractivity contribution in [2.45, 2.75) is 0 Å². The summed E-state index contributed by atoms with van der Waals surface area (Å²) in [6.07, 6.45) is -0.959. The number of nitrogens with one attached hydrogen (secondary N) is 2. The van der Waals surface area contributed by atoms with Crippen molar-refractivity contribution in [3.05, 3.63) is 59.7 Å². The highest BCUT2D eigenvalue weighted by Crippen LogP contribution is 2.18. The number of nitrogens with zero attached hydrogens (tertiary/aromatic N) is 1. The molecule has 0 atom stereocenters. The fourth-order valence-corrected chi connectivity index (χ4v) is 2.02. The van der Waals surface area contributed by atoms with Crippen molar-refractivity contribution in [1.29, 1.82) is 0 Å². The first-order valence-corrected chi connectivity index (χ1v) is 6.51. The van der Waals surface area contributed by atoms with Crippen LogP contribution in [-0.2, 0) is 4.74 Å². The number of aromatic nitrogens is 2. The number of methoxy groups -OCH3 is 1. The maximum Gasteiger partial charge on any atom is 0.413 e. The maximum absolute atomic E-state index is 12.5. The van der Waals surface area contributed by atoms with E-state index in [1.165, 1.54) is 6.07 Å². The van der Waals surface area contributed by atoms with Crippen LogP contribution in [0.2, 0.25) is 2.82 Å². The number of anilines is 1. The number of fused-ring (bicyclic) bond motifs is 1. The van der Waals surface area contributed by atoms with Crippen LogP contribution in [0, 0.1) is 0 Å². The average Bonchev–Trinajstić information content (AvgIpc) is 2.96. The van der Waals surface area contributed by atoms with Crippen molar-refractivity contribution in [1.82, 2.24) is 9.96 Å². The van der Waals surface area contributed by atoms with Gasteiger partial charge < -0.3 is 9.71 Å². The number of H-pyrrole nitrogens is 1. The van der Waals surface area contributed by atoms with Gasteiger partial charge in [0, 0.05) is 11.1 Å². The van der Waals surface area contributed by atoms with Crippen molar-refractivity contribution in [2.24, 2.45) is 0 Å². The quantitative estimate of drug-likeness (QED) is 0.728. The number of imidazole rings is 1. The molecule has 0 aliphatic heterocycles. The lowest BCUT2D eigenvalue weighted by Gasteiger charge is -2.00. The summed E-state index contributed by atoms with van der Waals surface area (Å²) in [6.45, 7) is 0. The number of hydrogen-bond donors (Lipinski definition) is 2. The molecule has 0 bridgehead atoms. The number of carbonyl (C=O) groups excluding carboxylic acids is 2. The highest BCUT2D eigenvalue weighted by atomic mass is 16.5. The molecule has 0 aliphatic carbocycles. The van der Waals surface area contributed by atoms with Gasteiger partial charge in [-0.3, -0.25) is 10.1 Å². The molecule has 0 saturated carbocycles. The predicted molar refractivity (Wildman–Crippen MR) is 82.0 cm³/mol. The van der Waals surface area contributed by atoms with Crippen LogP contribution in [0.4, 0.5) is 10.7 Å². The molecule has 1 aromatic heterocycles. The topological polar surface area (TPSA) is 84.1 Å². The van der Waals surface area contributed by atoms with E-state index >= 15 is 0 Å². The Morgan fingerprint density at radius 3 is 2.73 bits per heavy atom. The Morgan fingerprint density at radius 1 is 1.23 bits per heavy atom. The summed E-state index contributed by atoms with van der Waals surface area (Å²) in [6, 6.07) is 13.5. The summed E-state index contributed by atoms with van der Waals surface area (Å²) in [7, 11) is 1.14. The molecule has 3 rings (SSSR count). The SMILES string of the molecule is [2H]N(C(=O)OC)c1nc2cc(C(=O)c3ccccc3)ccc2n1[2H]. The molecule has 0 aliphatic rings. The lowest BCUT2D eigenvalue weighted by Crippen LogP contribution is -2.11. The zero-order chi connectivity index (χ0) is 17.3. The third-order valence-electron chi connectivity index (χ3n) is 3.08. The van der Waals surface area contributed by atoms with Crippen molar-refractivity contribution in [3.63, 3.8) is 0 Å². The minimum atomic E-state index is -0.959. The monoisotopic (exact) mass is 297 g/mol. The summed E-state index contributed by atoms with van der Waals surface area (Å²) in [5.74, 6) is -0.393. The Kier molecular flexibility index (Phi) is 2.97. The molecule has 0 radical (unpaired) electrons. The molecule has 0 unspecified atom stereocenters. The number of rotatable bonds is 3. The van der Waals surface area contributed by atoms with Crippen LogP contribution in [0.5, 0.6) is 0 Å². The largest absolute Gasteiger partial charge is 0.453 e. The molecule has 6 nitrogen and oxygen atoms in total. The van der Waals surface area contributed by atoms with Crippen LogP contribution in [0.15, 0.2) is 48.5 Å². The highest BCUT2D eigenvalue weighted by Gasteiger charge is 2.12. The van der Waals surface area contributed by atoms with Crippen LogP contribution in [0.1, 0.15) is 15.9 Å². The van der Waals surface area contributed by atoms with Gasteiger partial charge >= 0.3 is 6.09 Å². The van der Waals surface area contributed by atoms with Gasteiger partial charge in [0.05, 0.1) is 18.1 Å². The molecule has 2 N–H and O–H groups in total. The number of ketones is 1. The maximum atomic E-state index is 12.5. The van der Waals surface area contributed by atoms with Crippen LogP contribution < -0.4 is 5.31 Å². The second kappa shape index (κ2) is 5.69. The molecule has 3 aromatic rings. The van der Waals surface area contributed by atoms with Crippen molar-refractivity contribution in [3.8, 4) is 0 Å². The molecular formula is C16H13N3O3. The summed E-state index contributed by atoms with van der Waals surface area (Å²) in [4.78, 5) is 28.8. The number of benzene rings is 2. The lowest BCUT2D eigenvalue weighted by atomic mass is 10.0.